The molecule has 0 saturated carbocycles. The summed E-state index contributed by atoms with van der Waals surface area (Å²) in [6, 6.07) is 10.1. The van der Waals surface area contributed by atoms with Crippen molar-refractivity contribution in [1.82, 2.24) is 0 Å². The number of aromatic hydroxyl groups is 1. The third-order valence-electron chi connectivity index (χ3n) is 3.50. The molecule has 2 aromatic rings. The normalized spacial score (nSPS) is 10.3. The average molecular weight is 298 g/mol. The average Bonchev–Trinajstić information content (AvgIpc) is 2.47. The number of phenolic OH excluding ortho intramolecular Hbond substituents is 1. The topological polar surface area (TPSA) is 63.6 Å². The summed E-state index contributed by atoms with van der Waals surface area (Å²) in [6.07, 6.45) is 0. The first-order valence-electron chi connectivity index (χ1n) is 7.07. The van der Waals surface area contributed by atoms with Crippen LogP contribution in [0.4, 0.5) is 0 Å². The second-order valence-electron chi connectivity index (χ2n) is 5.00. The number of hydrogen-bond acceptors (Lipinski definition) is 4. The molecule has 114 valence electrons. The van der Waals surface area contributed by atoms with Gasteiger partial charge in [-0.25, -0.2) is 4.79 Å². The van der Waals surface area contributed by atoms with Crippen LogP contribution < -0.4 is 0 Å². The van der Waals surface area contributed by atoms with Crippen LogP contribution in [0.3, 0.4) is 0 Å². The smallest absolute Gasteiger partial charge is 0.338 e. The minimum atomic E-state index is -0.486. The fraction of sp³-hybridized carbons (Fsp3) is 0.222. The molecule has 4 heteroatoms. The molecular weight excluding hydrogens is 280 g/mol. The second kappa shape index (κ2) is 6.43. The van der Waals surface area contributed by atoms with Crippen molar-refractivity contribution in [3.8, 4) is 5.75 Å². The van der Waals surface area contributed by atoms with Gasteiger partial charge in [-0.1, -0.05) is 30.3 Å². The van der Waals surface area contributed by atoms with Gasteiger partial charge in [0.25, 0.3) is 0 Å². The lowest BCUT2D eigenvalue weighted by Crippen LogP contribution is -2.13. The van der Waals surface area contributed by atoms with Crippen LogP contribution in [0.15, 0.2) is 36.4 Å². The van der Waals surface area contributed by atoms with Crippen LogP contribution in [0.5, 0.6) is 5.75 Å². The van der Waals surface area contributed by atoms with Crippen molar-refractivity contribution in [2.24, 2.45) is 0 Å². The molecule has 0 unspecified atom stereocenters. The maximum Gasteiger partial charge on any atom is 0.338 e. The molecule has 4 nitrogen and oxygen atoms in total. The SMILES string of the molecule is CCOC(=O)c1c(C)cc(O)c(C(=O)c2ccccc2)c1C. The van der Waals surface area contributed by atoms with Crippen LogP contribution in [0.2, 0.25) is 0 Å². The molecule has 0 fully saturated rings. The third-order valence-corrected chi connectivity index (χ3v) is 3.50. The van der Waals surface area contributed by atoms with E-state index in [-0.39, 0.29) is 23.7 Å². The zero-order valence-electron chi connectivity index (χ0n) is 12.8. The van der Waals surface area contributed by atoms with Crippen LogP contribution >= 0.6 is 0 Å². The Hall–Kier alpha value is -2.62. The molecule has 0 aromatic heterocycles. The lowest BCUT2D eigenvalue weighted by Gasteiger charge is -2.14. The molecule has 0 bridgehead atoms. The molecular formula is C18H18O4. The lowest BCUT2D eigenvalue weighted by molar-refractivity contribution is 0.0524. The minimum Gasteiger partial charge on any atom is -0.507 e. The summed E-state index contributed by atoms with van der Waals surface area (Å²) in [5, 5.41) is 10.2. The van der Waals surface area contributed by atoms with Gasteiger partial charge >= 0.3 is 5.97 Å². The first-order valence-corrected chi connectivity index (χ1v) is 7.07. The highest BCUT2D eigenvalue weighted by Crippen LogP contribution is 2.30. The second-order valence-corrected chi connectivity index (χ2v) is 5.00. The number of aryl methyl sites for hydroxylation is 1. The van der Waals surface area contributed by atoms with Gasteiger partial charge in [-0.3, -0.25) is 4.79 Å². The lowest BCUT2D eigenvalue weighted by atomic mass is 9.92. The number of carbonyl (C=O) groups is 2. The molecule has 0 radical (unpaired) electrons. The fourth-order valence-electron chi connectivity index (χ4n) is 2.50. The van der Waals surface area contributed by atoms with Gasteiger partial charge in [0, 0.05) is 5.56 Å². The number of ether oxygens (including phenoxy) is 1. The summed E-state index contributed by atoms with van der Waals surface area (Å²) >= 11 is 0. The van der Waals surface area contributed by atoms with E-state index in [0.29, 0.717) is 22.3 Å². The molecule has 22 heavy (non-hydrogen) atoms. The number of benzene rings is 2. The van der Waals surface area contributed by atoms with Crippen molar-refractivity contribution < 1.29 is 19.4 Å². The summed E-state index contributed by atoms with van der Waals surface area (Å²) in [4.78, 5) is 24.7. The van der Waals surface area contributed by atoms with E-state index in [9.17, 15) is 14.7 Å². The third kappa shape index (κ3) is 2.86. The summed E-state index contributed by atoms with van der Waals surface area (Å²) in [5.74, 6) is -0.933. The molecule has 0 aliphatic rings. The van der Waals surface area contributed by atoms with Crippen LogP contribution in [0.25, 0.3) is 0 Å². The summed E-state index contributed by atoms with van der Waals surface area (Å²) in [5.41, 5.74) is 1.95. The van der Waals surface area contributed by atoms with E-state index in [0.717, 1.165) is 0 Å². The number of carbonyl (C=O) groups excluding carboxylic acids is 2. The highest BCUT2D eigenvalue weighted by molar-refractivity contribution is 6.13. The molecule has 0 saturated heterocycles. The largest absolute Gasteiger partial charge is 0.507 e. The zero-order chi connectivity index (χ0) is 16.3. The molecule has 0 amide bonds. The van der Waals surface area contributed by atoms with Gasteiger partial charge in [-0.15, -0.1) is 0 Å². The van der Waals surface area contributed by atoms with Gasteiger partial charge < -0.3 is 9.84 Å². The van der Waals surface area contributed by atoms with E-state index in [1.807, 2.05) is 6.07 Å². The monoisotopic (exact) mass is 298 g/mol. The Kier molecular flexibility index (Phi) is 4.61. The van der Waals surface area contributed by atoms with Crippen molar-refractivity contribution in [1.29, 1.82) is 0 Å². The first kappa shape index (κ1) is 15.8. The van der Waals surface area contributed by atoms with Gasteiger partial charge in [-0.2, -0.15) is 0 Å². The van der Waals surface area contributed by atoms with Crippen molar-refractivity contribution in [3.63, 3.8) is 0 Å². The maximum absolute atomic E-state index is 12.6. The molecule has 2 rings (SSSR count). The summed E-state index contributed by atoms with van der Waals surface area (Å²) < 4.78 is 5.04. The van der Waals surface area contributed by atoms with Gasteiger partial charge in [-0.05, 0) is 38.0 Å². The Morgan fingerprint density at radius 2 is 1.73 bits per heavy atom. The minimum absolute atomic E-state index is 0.128. The molecule has 0 aliphatic carbocycles. The Labute approximate surface area is 129 Å². The van der Waals surface area contributed by atoms with Crippen LogP contribution in [-0.4, -0.2) is 23.5 Å². The van der Waals surface area contributed by atoms with Gasteiger partial charge in [0.1, 0.15) is 5.75 Å². The highest BCUT2D eigenvalue weighted by Gasteiger charge is 2.23. The molecule has 0 aliphatic heterocycles. The number of hydrogen-bond donors (Lipinski definition) is 1. The first-order chi connectivity index (χ1) is 10.5. The predicted molar refractivity (Wildman–Crippen MR) is 83.4 cm³/mol. The molecule has 1 N–H and O–H groups in total. The number of rotatable bonds is 4. The van der Waals surface area contributed by atoms with Crippen LogP contribution in [0.1, 0.15) is 44.3 Å². The zero-order valence-corrected chi connectivity index (χ0v) is 12.8. The van der Waals surface area contributed by atoms with E-state index in [1.165, 1.54) is 6.07 Å². The van der Waals surface area contributed by atoms with Crippen LogP contribution in [-0.2, 0) is 4.74 Å². The van der Waals surface area contributed by atoms with Gasteiger partial charge in [0.2, 0.25) is 0 Å². The maximum atomic E-state index is 12.6. The van der Waals surface area contributed by atoms with Crippen molar-refractivity contribution in [2.45, 2.75) is 20.8 Å². The quantitative estimate of drug-likeness (QED) is 0.694. The van der Waals surface area contributed by atoms with Crippen molar-refractivity contribution in [2.75, 3.05) is 6.61 Å². The number of esters is 1. The molecule has 0 heterocycles. The van der Waals surface area contributed by atoms with Crippen molar-refractivity contribution >= 4 is 11.8 Å². The van der Waals surface area contributed by atoms with Gasteiger partial charge in [0.15, 0.2) is 5.78 Å². The predicted octanol–water partition coefficient (Wildman–Crippen LogP) is 3.42. The number of ketones is 1. The van der Waals surface area contributed by atoms with E-state index < -0.39 is 5.97 Å². The van der Waals surface area contributed by atoms with E-state index in [4.69, 9.17) is 4.74 Å². The van der Waals surface area contributed by atoms with Crippen LogP contribution in [0, 0.1) is 13.8 Å². The summed E-state index contributed by atoms with van der Waals surface area (Å²) in [6.45, 7) is 5.32. The molecule has 2 aromatic carbocycles. The standard InChI is InChI=1S/C18H18O4/c1-4-22-18(21)15-11(2)10-14(19)16(12(15)3)17(20)13-8-6-5-7-9-13/h5-10,19H,4H2,1-3H3. The Morgan fingerprint density at radius 1 is 1.09 bits per heavy atom. The van der Waals surface area contributed by atoms with Crippen molar-refractivity contribution in [3.05, 3.63) is 64.2 Å². The van der Waals surface area contributed by atoms with E-state index >= 15 is 0 Å². The Bertz CT molecular complexity index is 718. The summed E-state index contributed by atoms with van der Waals surface area (Å²) in [7, 11) is 0. The highest BCUT2D eigenvalue weighted by atomic mass is 16.5. The fourth-order valence-corrected chi connectivity index (χ4v) is 2.50. The Balaban J connectivity index is 2.60. The van der Waals surface area contributed by atoms with E-state index in [1.54, 1.807) is 45.0 Å². The number of phenols is 1. The van der Waals surface area contributed by atoms with Gasteiger partial charge in [0.05, 0.1) is 17.7 Å². The Morgan fingerprint density at radius 3 is 2.32 bits per heavy atom. The molecule has 0 spiro atoms. The molecule has 0 atom stereocenters. The van der Waals surface area contributed by atoms with E-state index in [2.05, 4.69) is 0 Å².